The minimum atomic E-state index is -1.12. The van der Waals surface area contributed by atoms with Gasteiger partial charge in [0.05, 0.1) is 0 Å². The summed E-state index contributed by atoms with van der Waals surface area (Å²) < 4.78 is 13.1. The van der Waals surface area contributed by atoms with E-state index >= 15 is 0 Å². The molecule has 19 heavy (non-hydrogen) atoms. The van der Waals surface area contributed by atoms with Crippen LogP contribution in [0.15, 0.2) is 35.4 Å². The lowest BCUT2D eigenvalue weighted by Gasteiger charge is -2.08. The van der Waals surface area contributed by atoms with E-state index in [4.69, 9.17) is 5.11 Å². The third-order valence-electron chi connectivity index (χ3n) is 2.30. The van der Waals surface area contributed by atoms with Gasteiger partial charge in [0.15, 0.2) is 5.82 Å². The molecule has 0 spiro atoms. The van der Waals surface area contributed by atoms with E-state index in [0.717, 1.165) is 0 Å². The summed E-state index contributed by atoms with van der Waals surface area (Å²) in [6, 6.07) is 7.09. The number of aromatic carboxylic acids is 1. The standard InChI is InChI=1S/C12H10FN3O2S/c1-19-10-6-9(12(17)18)11(16-15-10)14-8-4-2-3-7(13)5-8/h2-6H,1H3,(H,14,16)(H,17,18). The van der Waals surface area contributed by atoms with Gasteiger partial charge in [0.2, 0.25) is 0 Å². The van der Waals surface area contributed by atoms with Gasteiger partial charge in [-0.3, -0.25) is 0 Å². The minimum absolute atomic E-state index is 0.0105. The molecule has 5 nitrogen and oxygen atoms in total. The van der Waals surface area contributed by atoms with Gasteiger partial charge in [0.25, 0.3) is 0 Å². The Balaban J connectivity index is 2.36. The Kier molecular flexibility index (Phi) is 3.96. The first-order valence-corrected chi connectivity index (χ1v) is 6.50. The van der Waals surface area contributed by atoms with E-state index < -0.39 is 11.8 Å². The Morgan fingerprint density at radius 2 is 2.16 bits per heavy atom. The SMILES string of the molecule is CSc1cc(C(=O)O)c(Nc2cccc(F)c2)nn1. The van der Waals surface area contributed by atoms with Crippen molar-refractivity contribution in [2.24, 2.45) is 0 Å². The van der Waals surface area contributed by atoms with Gasteiger partial charge in [-0.25, -0.2) is 9.18 Å². The topological polar surface area (TPSA) is 75.1 Å². The molecule has 0 bridgehead atoms. The summed E-state index contributed by atoms with van der Waals surface area (Å²) in [5.74, 6) is -1.46. The molecular weight excluding hydrogens is 269 g/mol. The van der Waals surface area contributed by atoms with Crippen LogP contribution < -0.4 is 5.32 Å². The Morgan fingerprint density at radius 3 is 2.79 bits per heavy atom. The number of aromatic nitrogens is 2. The van der Waals surface area contributed by atoms with Gasteiger partial charge in [-0.15, -0.1) is 22.0 Å². The van der Waals surface area contributed by atoms with Gasteiger partial charge in [-0.1, -0.05) is 6.07 Å². The van der Waals surface area contributed by atoms with Crippen LogP contribution in [0.25, 0.3) is 0 Å². The molecule has 2 N–H and O–H groups in total. The number of carbonyl (C=O) groups is 1. The zero-order chi connectivity index (χ0) is 13.8. The fourth-order valence-electron chi connectivity index (χ4n) is 1.43. The van der Waals surface area contributed by atoms with Gasteiger partial charge in [-0.2, -0.15) is 0 Å². The number of nitrogens with one attached hydrogen (secondary N) is 1. The van der Waals surface area contributed by atoms with Crippen molar-refractivity contribution < 1.29 is 14.3 Å². The summed E-state index contributed by atoms with van der Waals surface area (Å²) in [5.41, 5.74) is 0.400. The average molecular weight is 279 g/mol. The highest BCUT2D eigenvalue weighted by Crippen LogP contribution is 2.22. The van der Waals surface area contributed by atoms with Gasteiger partial charge >= 0.3 is 5.97 Å². The van der Waals surface area contributed by atoms with Gasteiger partial charge in [0, 0.05) is 5.69 Å². The zero-order valence-corrected chi connectivity index (χ0v) is 10.7. The number of hydrogen-bond acceptors (Lipinski definition) is 5. The third-order valence-corrected chi connectivity index (χ3v) is 2.92. The molecule has 0 saturated carbocycles. The maximum absolute atomic E-state index is 13.1. The molecule has 0 aliphatic rings. The lowest BCUT2D eigenvalue weighted by molar-refractivity contribution is 0.0697. The fourth-order valence-corrected chi connectivity index (χ4v) is 1.79. The van der Waals surface area contributed by atoms with Crippen molar-refractivity contribution in [3.05, 3.63) is 41.7 Å². The molecule has 0 amide bonds. The lowest BCUT2D eigenvalue weighted by Crippen LogP contribution is -2.07. The van der Waals surface area contributed by atoms with Crippen molar-refractivity contribution in [2.45, 2.75) is 5.03 Å². The molecule has 1 aromatic carbocycles. The van der Waals surface area contributed by atoms with E-state index in [9.17, 15) is 9.18 Å². The molecule has 0 atom stereocenters. The van der Waals surface area contributed by atoms with Crippen molar-refractivity contribution in [3.63, 3.8) is 0 Å². The maximum atomic E-state index is 13.1. The van der Waals surface area contributed by atoms with Crippen LogP contribution >= 0.6 is 11.8 Å². The van der Waals surface area contributed by atoms with E-state index in [-0.39, 0.29) is 11.4 Å². The summed E-state index contributed by atoms with van der Waals surface area (Å²) in [6.45, 7) is 0. The second-order valence-electron chi connectivity index (χ2n) is 3.59. The van der Waals surface area contributed by atoms with Crippen LogP contribution in [0.1, 0.15) is 10.4 Å². The number of benzene rings is 1. The van der Waals surface area contributed by atoms with Gasteiger partial charge < -0.3 is 10.4 Å². The molecule has 0 saturated heterocycles. The zero-order valence-electron chi connectivity index (χ0n) is 9.92. The molecule has 0 unspecified atom stereocenters. The Hall–Kier alpha value is -2.15. The van der Waals surface area contributed by atoms with Crippen molar-refractivity contribution >= 4 is 29.2 Å². The van der Waals surface area contributed by atoms with Crippen LogP contribution in [0.4, 0.5) is 15.9 Å². The summed E-state index contributed by atoms with van der Waals surface area (Å²) >= 11 is 1.29. The van der Waals surface area contributed by atoms with Crippen LogP contribution in [0, 0.1) is 5.82 Å². The molecule has 1 aromatic heterocycles. The Bertz CT molecular complexity index is 622. The van der Waals surface area contributed by atoms with Crippen molar-refractivity contribution in [3.8, 4) is 0 Å². The van der Waals surface area contributed by atoms with Crippen LogP contribution in [0.2, 0.25) is 0 Å². The second-order valence-corrected chi connectivity index (χ2v) is 4.42. The first-order chi connectivity index (χ1) is 9.10. The Labute approximate surface area is 112 Å². The molecule has 0 aliphatic carbocycles. The molecular formula is C12H10FN3O2S. The third kappa shape index (κ3) is 3.19. The van der Waals surface area contributed by atoms with Crippen LogP contribution in [0.5, 0.6) is 0 Å². The highest BCUT2D eigenvalue weighted by Gasteiger charge is 2.14. The van der Waals surface area contributed by atoms with E-state index in [1.807, 2.05) is 0 Å². The highest BCUT2D eigenvalue weighted by molar-refractivity contribution is 7.98. The summed E-state index contributed by atoms with van der Waals surface area (Å²) in [4.78, 5) is 11.2. The second kappa shape index (κ2) is 5.66. The van der Waals surface area contributed by atoms with E-state index in [0.29, 0.717) is 10.7 Å². The monoisotopic (exact) mass is 279 g/mol. The van der Waals surface area contributed by atoms with Crippen LogP contribution in [-0.2, 0) is 0 Å². The predicted molar refractivity (Wildman–Crippen MR) is 70.5 cm³/mol. The number of nitrogens with zero attached hydrogens (tertiary/aromatic N) is 2. The molecule has 0 fully saturated rings. The number of carboxylic acids is 1. The molecule has 2 aromatic rings. The van der Waals surface area contributed by atoms with Crippen molar-refractivity contribution in [1.29, 1.82) is 0 Å². The smallest absolute Gasteiger partial charge is 0.339 e. The quantitative estimate of drug-likeness (QED) is 0.838. The van der Waals surface area contributed by atoms with E-state index in [2.05, 4.69) is 15.5 Å². The first-order valence-electron chi connectivity index (χ1n) is 5.28. The van der Waals surface area contributed by atoms with Crippen LogP contribution in [0.3, 0.4) is 0 Å². The molecule has 2 rings (SSSR count). The summed E-state index contributed by atoms with van der Waals surface area (Å²) in [5, 5.41) is 20.0. The number of hydrogen-bond donors (Lipinski definition) is 2. The number of carboxylic acid groups (broad SMARTS) is 1. The predicted octanol–water partition coefficient (Wildman–Crippen LogP) is 2.78. The number of rotatable bonds is 4. The highest BCUT2D eigenvalue weighted by atomic mass is 32.2. The van der Waals surface area contributed by atoms with Crippen LogP contribution in [-0.4, -0.2) is 27.5 Å². The van der Waals surface area contributed by atoms with Gasteiger partial charge in [0.1, 0.15) is 16.4 Å². The molecule has 98 valence electrons. The van der Waals surface area contributed by atoms with Crippen molar-refractivity contribution in [2.75, 3.05) is 11.6 Å². The normalized spacial score (nSPS) is 10.2. The molecule has 7 heteroatoms. The lowest BCUT2D eigenvalue weighted by atomic mass is 10.2. The summed E-state index contributed by atoms with van der Waals surface area (Å²) in [7, 11) is 0. The maximum Gasteiger partial charge on any atom is 0.339 e. The number of halogens is 1. The fraction of sp³-hybridized carbons (Fsp3) is 0.0833. The first kappa shape index (κ1) is 13.3. The van der Waals surface area contributed by atoms with Crippen molar-refractivity contribution in [1.82, 2.24) is 10.2 Å². The molecule has 0 radical (unpaired) electrons. The average Bonchev–Trinajstić information content (AvgIpc) is 2.39. The molecule has 1 heterocycles. The molecule has 0 aliphatic heterocycles. The van der Waals surface area contributed by atoms with Gasteiger partial charge in [-0.05, 0) is 30.5 Å². The van der Waals surface area contributed by atoms with E-state index in [1.54, 1.807) is 12.3 Å². The number of anilines is 2. The minimum Gasteiger partial charge on any atom is -0.478 e. The summed E-state index contributed by atoms with van der Waals surface area (Å²) in [6.07, 6.45) is 1.77. The largest absolute Gasteiger partial charge is 0.478 e. The van der Waals surface area contributed by atoms with E-state index in [1.165, 1.54) is 36.0 Å². The Morgan fingerprint density at radius 1 is 1.37 bits per heavy atom. The number of thioether (sulfide) groups is 1.